The van der Waals surface area contributed by atoms with Gasteiger partial charge in [-0.15, -0.1) is 0 Å². The molecule has 1 aromatic rings. The first-order valence-electron chi connectivity index (χ1n) is 9.35. The van der Waals surface area contributed by atoms with E-state index in [1.165, 1.54) is 5.56 Å². The molecule has 26 heavy (non-hydrogen) atoms. The average Bonchev–Trinajstić information content (AvgIpc) is 2.57. The summed E-state index contributed by atoms with van der Waals surface area (Å²) in [5.41, 5.74) is 3.37. The molecule has 0 saturated carbocycles. The summed E-state index contributed by atoms with van der Waals surface area (Å²) in [4.78, 5) is 25.0. The van der Waals surface area contributed by atoms with Crippen molar-refractivity contribution in [3.63, 3.8) is 0 Å². The second-order valence-corrected chi connectivity index (χ2v) is 12.5. The van der Waals surface area contributed by atoms with Gasteiger partial charge in [-0.25, -0.2) is 0 Å². The fraction of sp³-hybridized carbons (Fsp3) is 0.524. The molecule has 0 aliphatic rings. The van der Waals surface area contributed by atoms with Gasteiger partial charge in [0.25, 0.3) is 0 Å². The van der Waals surface area contributed by atoms with Gasteiger partial charge in [0.05, 0.1) is 21.3 Å². The molecule has 0 heterocycles. The molecule has 0 radical (unpaired) electrons. The number of carbonyl (C=O) groups is 2. The van der Waals surface area contributed by atoms with Gasteiger partial charge in [0.2, 0.25) is 0 Å². The predicted molar refractivity (Wildman–Crippen MR) is 107 cm³/mol. The number of esters is 2. The molecule has 0 N–H and O–H groups in total. The van der Waals surface area contributed by atoms with Gasteiger partial charge in [-0.05, 0) is 32.3 Å². The van der Waals surface area contributed by atoms with E-state index in [2.05, 4.69) is 37.5 Å². The van der Waals surface area contributed by atoms with Crippen LogP contribution < -0.4 is 0 Å². The van der Waals surface area contributed by atoms with E-state index >= 15 is 0 Å². The van der Waals surface area contributed by atoms with Crippen LogP contribution in [0.3, 0.4) is 0 Å². The fourth-order valence-electron chi connectivity index (χ4n) is 2.67. The highest BCUT2D eigenvalue weighted by molar-refractivity contribution is 6.80. The molecule has 4 nitrogen and oxygen atoms in total. The number of carbonyl (C=O) groups excluding carboxylic acids is 2. The Morgan fingerprint density at radius 3 is 2.00 bits per heavy atom. The molecule has 1 aromatic carbocycles. The Bertz CT molecular complexity index is 572. The summed E-state index contributed by atoms with van der Waals surface area (Å²) in [7, 11) is -1.47. The van der Waals surface area contributed by atoms with Crippen LogP contribution in [0.25, 0.3) is 0 Å². The van der Waals surface area contributed by atoms with Crippen LogP contribution in [0.2, 0.25) is 19.6 Å². The topological polar surface area (TPSA) is 52.6 Å². The lowest BCUT2D eigenvalue weighted by Crippen LogP contribution is -2.34. The van der Waals surface area contributed by atoms with Crippen molar-refractivity contribution in [1.82, 2.24) is 0 Å². The molecule has 5 heteroatoms. The number of hydrogen-bond donors (Lipinski definition) is 0. The van der Waals surface area contributed by atoms with Crippen LogP contribution in [-0.4, -0.2) is 33.2 Å². The van der Waals surface area contributed by atoms with E-state index in [9.17, 15) is 9.59 Å². The molecule has 0 saturated heterocycles. The van der Waals surface area contributed by atoms with Gasteiger partial charge in [0, 0.05) is 5.92 Å². The zero-order valence-corrected chi connectivity index (χ0v) is 17.7. The van der Waals surface area contributed by atoms with Crippen LogP contribution in [0, 0.1) is 11.8 Å². The van der Waals surface area contributed by atoms with Crippen molar-refractivity contribution in [1.29, 1.82) is 0 Å². The van der Waals surface area contributed by atoms with Gasteiger partial charge in [-0.3, -0.25) is 9.59 Å². The first-order valence-corrected chi connectivity index (χ1v) is 12.9. The van der Waals surface area contributed by atoms with Crippen molar-refractivity contribution in [2.75, 3.05) is 13.2 Å². The molecule has 144 valence electrons. The quantitative estimate of drug-likeness (QED) is 0.345. The highest BCUT2D eigenvalue weighted by Gasteiger charge is 2.36. The van der Waals surface area contributed by atoms with E-state index in [1.807, 2.05) is 24.3 Å². The van der Waals surface area contributed by atoms with Crippen molar-refractivity contribution < 1.29 is 19.1 Å². The Hall–Kier alpha value is -1.88. The smallest absolute Gasteiger partial charge is 0.320 e. The van der Waals surface area contributed by atoms with Crippen LogP contribution >= 0.6 is 0 Å². The summed E-state index contributed by atoms with van der Waals surface area (Å²) < 4.78 is 10.3. The SMILES string of the molecule is CCOC(=O)C(C(=O)OCC)C(/C=C/[Si](C)(C)C)CCc1ccccc1. The summed E-state index contributed by atoms with van der Waals surface area (Å²) in [5, 5.41) is 0. The van der Waals surface area contributed by atoms with E-state index in [4.69, 9.17) is 9.47 Å². The van der Waals surface area contributed by atoms with Crippen molar-refractivity contribution in [2.45, 2.75) is 46.3 Å². The van der Waals surface area contributed by atoms with Crippen LogP contribution in [0.1, 0.15) is 25.8 Å². The van der Waals surface area contributed by atoms with Gasteiger partial charge in [0.15, 0.2) is 5.92 Å². The molecular weight excluding hydrogens is 344 g/mol. The molecule has 0 aliphatic heterocycles. The minimum atomic E-state index is -1.47. The zero-order chi connectivity index (χ0) is 19.6. The third kappa shape index (κ3) is 8.00. The molecule has 0 fully saturated rings. The van der Waals surface area contributed by atoms with Gasteiger partial charge in [-0.2, -0.15) is 0 Å². The Morgan fingerprint density at radius 2 is 1.54 bits per heavy atom. The van der Waals surface area contributed by atoms with E-state index in [0.29, 0.717) is 6.42 Å². The summed E-state index contributed by atoms with van der Waals surface area (Å²) in [6, 6.07) is 10.1. The molecular formula is C21H32O4Si. The van der Waals surface area contributed by atoms with Crippen LogP contribution in [0.15, 0.2) is 42.1 Å². The number of rotatable bonds is 10. The number of benzene rings is 1. The predicted octanol–water partition coefficient (Wildman–Crippen LogP) is 4.41. The third-order valence-electron chi connectivity index (χ3n) is 3.96. The number of aryl methyl sites for hydroxylation is 1. The Labute approximate surface area is 158 Å². The Balaban J connectivity index is 3.08. The first-order chi connectivity index (χ1) is 12.3. The molecule has 0 amide bonds. The lowest BCUT2D eigenvalue weighted by atomic mass is 9.87. The Morgan fingerprint density at radius 1 is 1.00 bits per heavy atom. The van der Waals surface area contributed by atoms with E-state index in [-0.39, 0.29) is 19.1 Å². The summed E-state index contributed by atoms with van der Waals surface area (Å²) in [5.74, 6) is -2.14. The molecule has 1 rings (SSSR count). The normalized spacial score (nSPS) is 13.0. The average molecular weight is 377 g/mol. The first kappa shape index (κ1) is 22.2. The minimum absolute atomic E-state index is 0.236. The number of ether oxygens (including phenoxy) is 2. The lowest BCUT2D eigenvalue weighted by molar-refractivity contribution is -0.163. The number of hydrogen-bond acceptors (Lipinski definition) is 4. The summed E-state index contributed by atoms with van der Waals surface area (Å²) in [6.45, 7) is 10.7. The molecule has 0 aromatic heterocycles. The maximum Gasteiger partial charge on any atom is 0.320 e. The lowest BCUT2D eigenvalue weighted by Gasteiger charge is -2.23. The maximum absolute atomic E-state index is 12.5. The van der Waals surface area contributed by atoms with Crippen molar-refractivity contribution in [3.8, 4) is 0 Å². The van der Waals surface area contributed by atoms with Crippen molar-refractivity contribution >= 4 is 20.0 Å². The van der Waals surface area contributed by atoms with E-state index in [0.717, 1.165) is 6.42 Å². The molecule has 0 aliphatic carbocycles. The maximum atomic E-state index is 12.5. The second-order valence-electron chi connectivity index (χ2n) is 7.40. The minimum Gasteiger partial charge on any atom is -0.465 e. The zero-order valence-electron chi connectivity index (χ0n) is 16.7. The van der Waals surface area contributed by atoms with Crippen LogP contribution in [-0.2, 0) is 25.5 Å². The molecule has 1 atom stereocenters. The fourth-order valence-corrected chi connectivity index (χ4v) is 3.50. The van der Waals surface area contributed by atoms with E-state index in [1.54, 1.807) is 13.8 Å². The van der Waals surface area contributed by atoms with Gasteiger partial charge < -0.3 is 9.47 Å². The van der Waals surface area contributed by atoms with Crippen LogP contribution in [0.4, 0.5) is 0 Å². The Kier molecular flexibility index (Phi) is 9.34. The highest BCUT2D eigenvalue weighted by atomic mass is 28.3. The van der Waals surface area contributed by atoms with Gasteiger partial charge >= 0.3 is 11.9 Å². The van der Waals surface area contributed by atoms with Crippen LogP contribution in [0.5, 0.6) is 0 Å². The molecule has 1 unspecified atom stereocenters. The van der Waals surface area contributed by atoms with E-state index < -0.39 is 25.9 Å². The van der Waals surface area contributed by atoms with Crippen molar-refractivity contribution in [2.24, 2.45) is 11.8 Å². The second kappa shape index (κ2) is 11.0. The van der Waals surface area contributed by atoms with Gasteiger partial charge in [-0.1, -0.05) is 61.7 Å². The largest absolute Gasteiger partial charge is 0.465 e. The summed E-state index contributed by atoms with van der Waals surface area (Å²) in [6.07, 6.45) is 3.51. The summed E-state index contributed by atoms with van der Waals surface area (Å²) >= 11 is 0. The number of allylic oxidation sites excluding steroid dienone is 1. The van der Waals surface area contributed by atoms with Crippen molar-refractivity contribution in [3.05, 3.63) is 47.7 Å². The third-order valence-corrected chi connectivity index (χ3v) is 5.15. The molecule has 0 spiro atoms. The molecule has 0 bridgehead atoms. The monoisotopic (exact) mass is 376 g/mol. The standard InChI is InChI=1S/C21H32O4Si/c1-6-24-20(22)19(21(23)25-7-2)18(15-16-26(3,4)5)14-13-17-11-9-8-10-12-17/h8-12,15-16,18-19H,6-7,13-14H2,1-5H3/b16-15+. The van der Waals surface area contributed by atoms with Gasteiger partial charge in [0.1, 0.15) is 0 Å². The highest BCUT2D eigenvalue weighted by Crippen LogP contribution is 2.24.